The third kappa shape index (κ3) is 3.05. The zero-order chi connectivity index (χ0) is 18.1. The Morgan fingerprint density at radius 3 is 2.48 bits per heavy atom. The number of carbonyl (C=O) groups excluding carboxylic acids is 1. The number of rotatable bonds is 4. The zero-order valence-corrected chi connectivity index (χ0v) is 15.0. The highest BCUT2D eigenvalue weighted by Crippen LogP contribution is 2.32. The molecule has 0 saturated heterocycles. The van der Waals surface area contributed by atoms with E-state index in [1.54, 1.807) is 32.4 Å². The van der Waals surface area contributed by atoms with E-state index in [2.05, 4.69) is 5.32 Å². The van der Waals surface area contributed by atoms with Crippen molar-refractivity contribution in [2.45, 2.75) is 20.8 Å². The molecule has 130 valence electrons. The maximum absolute atomic E-state index is 12.8. The van der Waals surface area contributed by atoms with Gasteiger partial charge in [0.1, 0.15) is 17.1 Å². The van der Waals surface area contributed by atoms with Crippen LogP contribution in [0.15, 0.2) is 34.7 Å². The lowest BCUT2D eigenvalue weighted by atomic mass is 10.1. The molecule has 0 fully saturated rings. The molecule has 25 heavy (non-hydrogen) atoms. The molecule has 3 aromatic rings. The molecule has 5 nitrogen and oxygen atoms in total. The van der Waals surface area contributed by atoms with Gasteiger partial charge in [-0.15, -0.1) is 0 Å². The first-order valence-corrected chi connectivity index (χ1v) is 7.98. The van der Waals surface area contributed by atoms with Crippen LogP contribution in [0.2, 0.25) is 0 Å². The number of fused-ring (bicyclic) bond motifs is 1. The van der Waals surface area contributed by atoms with Crippen LogP contribution < -0.4 is 14.8 Å². The maximum atomic E-state index is 12.8. The smallest absolute Gasteiger partial charge is 0.291 e. The van der Waals surface area contributed by atoms with Gasteiger partial charge in [-0.1, -0.05) is 6.07 Å². The summed E-state index contributed by atoms with van der Waals surface area (Å²) < 4.78 is 16.4. The Balaban J connectivity index is 2.01. The highest BCUT2D eigenvalue weighted by molar-refractivity contribution is 6.07. The van der Waals surface area contributed by atoms with Crippen molar-refractivity contribution in [1.29, 1.82) is 0 Å². The van der Waals surface area contributed by atoms with Crippen molar-refractivity contribution in [3.05, 3.63) is 52.8 Å². The second-order valence-electron chi connectivity index (χ2n) is 6.04. The first-order chi connectivity index (χ1) is 11.9. The van der Waals surface area contributed by atoms with Gasteiger partial charge in [-0.25, -0.2) is 0 Å². The van der Waals surface area contributed by atoms with Crippen molar-refractivity contribution >= 4 is 22.6 Å². The van der Waals surface area contributed by atoms with Crippen LogP contribution in [0, 0.1) is 20.8 Å². The molecule has 0 radical (unpaired) electrons. The topological polar surface area (TPSA) is 60.7 Å². The third-order valence-electron chi connectivity index (χ3n) is 4.23. The van der Waals surface area contributed by atoms with Gasteiger partial charge in [0.05, 0.1) is 19.9 Å². The molecule has 1 amide bonds. The summed E-state index contributed by atoms with van der Waals surface area (Å²) >= 11 is 0. The summed E-state index contributed by atoms with van der Waals surface area (Å²) in [5, 5.41) is 3.81. The number of furan rings is 1. The van der Waals surface area contributed by atoms with E-state index >= 15 is 0 Å². The number of hydrogen-bond acceptors (Lipinski definition) is 4. The average Bonchev–Trinajstić information content (AvgIpc) is 2.92. The van der Waals surface area contributed by atoms with Crippen molar-refractivity contribution in [2.75, 3.05) is 19.5 Å². The van der Waals surface area contributed by atoms with Crippen LogP contribution >= 0.6 is 0 Å². The SMILES string of the molecule is COc1ccc(OC)c(NC(=O)c2oc3c(C)cc(C)cc3c2C)c1. The van der Waals surface area contributed by atoms with E-state index in [-0.39, 0.29) is 5.91 Å². The predicted octanol–water partition coefficient (Wildman–Crippen LogP) is 4.63. The lowest BCUT2D eigenvalue weighted by Crippen LogP contribution is -2.13. The van der Waals surface area contributed by atoms with Crippen LogP contribution in [-0.4, -0.2) is 20.1 Å². The predicted molar refractivity (Wildman–Crippen MR) is 97.9 cm³/mol. The van der Waals surface area contributed by atoms with E-state index in [9.17, 15) is 4.79 Å². The number of methoxy groups -OCH3 is 2. The second kappa shape index (κ2) is 6.51. The third-order valence-corrected chi connectivity index (χ3v) is 4.23. The Labute approximate surface area is 146 Å². The van der Waals surface area contributed by atoms with Crippen LogP contribution in [0.4, 0.5) is 5.69 Å². The van der Waals surface area contributed by atoms with Gasteiger partial charge in [-0.3, -0.25) is 4.79 Å². The Kier molecular flexibility index (Phi) is 4.40. The van der Waals surface area contributed by atoms with E-state index in [0.29, 0.717) is 22.9 Å². The first-order valence-electron chi connectivity index (χ1n) is 7.98. The van der Waals surface area contributed by atoms with Gasteiger partial charge in [0, 0.05) is 17.0 Å². The summed E-state index contributed by atoms with van der Waals surface area (Å²) in [5.41, 5.74) is 4.23. The van der Waals surface area contributed by atoms with Gasteiger partial charge in [0.2, 0.25) is 0 Å². The Morgan fingerprint density at radius 1 is 1.04 bits per heavy atom. The van der Waals surface area contributed by atoms with Crippen molar-refractivity contribution in [1.82, 2.24) is 0 Å². The van der Waals surface area contributed by atoms with Gasteiger partial charge in [-0.2, -0.15) is 0 Å². The monoisotopic (exact) mass is 339 g/mol. The molecule has 0 atom stereocenters. The molecule has 0 saturated carbocycles. The van der Waals surface area contributed by atoms with Gasteiger partial charge in [0.25, 0.3) is 5.91 Å². The Morgan fingerprint density at radius 2 is 1.80 bits per heavy atom. The van der Waals surface area contributed by atoms with Crippen molar-refractivity contribution in [3.8, 4) is 11.5 Å². The molecule has 0 bridgehead atoms. The fraction of sp³-hybridized carbons (Fsp3) is 0.250. The molecule has 3 rings (SSSR count). The Hall–Kier alpha value is -2.95. The number of carbonyl (C=O) groups is 1. The second-order valence-corrected chi connectivity index (χ2v) is 6.04. The van der Waals surface area contributed by atoms with Gasteiger partial charge < -0.3 is 19.2 Å². The van der Waals surface area contributed by atoms with E-state index in [4.69, 9.17) is 13.9 Å². The highest BCUT2D eigenvalue weighted by Gasteiger charge is 2.20. The molecule has 0 aliphatic heterocycles. The zero-order valence-electron chi connectivity index (χ0n) is 15.0. The minimum Gasteiger partial charge on any atom is -0.497 e. The Bertz CT molecular complexity index is 956. The van der Waals surface area contributed by atoms with Crippen LogP contribution in [0.5, 0.6) is 11.5 Å². The number of amides is 1. The van der Waals surface area contributed by atoms with Crippen molar-refractivity contribution in [3.63, 3.8) is 0 Å². The fourth-order valence-electron chi connectivity index (χ4n) is 2.98. The quantitative estimate of drug-likeness (QED) is 0.753. The average molecular weight is 339 g/mol. The molecule has 2 aromatic carbocycles. The first kappa shape index (κ1) is 16.9. The number of ether oxygens (including phenoxy) is 2. The van der Waals surface area contributed by atoms with Gasteiger partial charge >= 0.3 is 0 Å². The minimum atomic E-state index is -0.322. The van der Waals surface area contributed by atoms with Crippen molar-refractivity contribution in [2.24, 2.45) is 0 Å². The van der Waals surface area contributed by atoms with E-state index < -0.39 is 0 Å². The number of nitrogens with one attached hydrogen (secondary N) is 1. The maximum Gasteiger partial charge on any atom is 0.291 e. The lowest BCUT2D eigenvalue weighted by Gasteiger charge is -2.11. The summed E-state index contributed by atoms with van der Waals surface area (Å²) in [4.78, 5) is 12.8. The van der Waals surface area contributed by atoms with Crippen LogP contribution in [0.1, 0.15) is 27.2 Å². The molecular weight excluding hydrogens is 318 g/mol. The standard InChI is InChI=1S/C20H21NO4/c1-11-8-12(2)18-15(9-11)13(3)19(25-18)20(22)21-16-10-14(23-4)6-7-17(16)24-5/h6-10H,1-5H3,(H,21,22). The largest absolute Gasteiger partial charge is 0.497 e. The summed E-state index contributed by atoms with van der Waals surface area (Å²) in [6, 6.07) is 9.30. The summed E-state index contributed by atoms with van der Waals surface area (Å²) in [6.45, 7) is 5.90. The van der Waals surface area contributed by atoms with Crippen molar-refractivity contribution < 1.29 is 18.7 Å². The van der Waals surface area contributed by atoms with Crippen LogP contribution in [-0.2, 0) is 0 Å². The number of benzene rings is 2. The summed E-state index contributed by atoms with van der Waals surface area (Å²) in [6.07, 6.45) is 0. The fourth-order valence-corrected chi connectivity index (χ4v) is 2.98. The summed E-state index contributed by atoms with van der Waals surface area (Å²) in [7, 11) is 3.12. The lowest BCUT2D eigenvalue weighted by molar-refractivity contribution is 0.0997. The molecule has 0 unspecified atom stereocenters. The van der Waals surface area contributed by atoms with Crippen LogP contribution in [0.3, 0.4) is 0 Å². The molecule has 5 heteroatoms. The minimum absolute atomic E-state index is 0.300. The number of anilines is 1. The molecule has 1 heterocycles. The molecule has 1 aromatic heterocycles. The molecule has 1 N–H and O–H groups in total. The summed E-state index contributed by atoms with van der Waals surface area (Å²) in [5.74, 6) is 1.16. The van der Waals surface area contributed by atoms with Crippen LogP contribution in [0.25, 0.3) is 11.0 Å². The molecular formula is C20H21NO4. The molecule has 0 aliphatic carbocycles. The molecule has 0 spiro atoms. The van der Waals surface area contributed by atoms with Gasteiger partial charge in [-0.05, 0) is 50.1 Å². The normalized spacial score (nSPS) is 10.8. The van der Waals surface area contributed by atoms with E-state index in [0.717, 1.165) is 27.7 Å². The molecule has 0 aliphatic rings. The van der Waals surface area contributed by atoms with E-state index in [1.165, 1.54) is 0 Å². The highest BCUT2D eigenvalue weighted by atomic mass is 16.5. The van der Waals surface area contributed by atoms with Gasteiger partial charge in [0.15, 0.2) is 5.76 Å². The van der Waals surface area contributed by atoms with E-state index in [1.807, 2.05) is 32.9 Å². The number of hydrogen-bond donors (Lipinski definition) is 1. The number of aryl methyl sites for hydroxylation is 3.